The van der Waals surface area contributed by atoms with E-state index in [1.807, 2.05) is 0 Å². The highest BCUT2D eigenvalue weighted by atomic mass is 127. The highest BCUT2D eigenvalue weighted by molar-refractivity contribution is 14.0. The lowest BCUT2D eigenvalue weighted by Gasteiger charge is -2.33. The van der Waals surface area contributed by atoms with Crippen LogP contribution in [-0.2, 0) is 9.53 Å². The molecule has 1 aliphatic heterocycles. The van der Waals surface area contributed by atoms with Gasteiger partial charge in [-0.3, -0.25) is 4.79 Å². The summed E-state index contributed by atoms with van der Waals surface area (Å²) in [6.07, 6.45) is 3.28. The van der Waals surface area contributed by atoms with Gasteiger partial charge in [-0.05, 0) is 31.6 Å². The second-order valence-electron chi connectivity index (χ2n) is 6.50. The Bertz CT molecular complexity index is 375. The van der Waals surface area contributed by atoms with Crippen LogP contribution in [0, 0.1) is 17.8 Å². The van der Waals surface area contributed by atoms with Crippen LogP contribution in [0.15, 0.2) is 0 Å². The van der Waals surface area contributed by atoms with Crippen molar-refractivity contribution in [3.63, 3.8) is 0 Å². The predicted molar refractivity (Wildman–Crippen MR) is 84.7 cm³/mol. The van der Waals surface area contributed by atoms with Gasteiger partial charge in [0, 0.05) is 31.5 Å². The maximum atomic E-state index is 13.1. The lowest BCUT2D eigenvalue weighted by Crippen LogP contribution is -2.40. The zero-order valence-corrected chi connectivity index (χ0v) is 14.3. The van der Waals surface area contributed by atoms with Crippen molar-refractivity contribution in [3.8, 4) is 0 Å². The Labute approximate surface area is 140 Å². The van der Waals surface area contributed by atoms with Crippen LogP contribution in [0.5, 0.6) is 0 Å². The normalized spacial score (nSPS) is 35.0. The molecule has 0 aromatic carbocycles. The fraction of sp³-hybridized carbons (Fsp3) is 0.929. The molecule has 0 aromatic heterocycles. The predicted octanol–water partition coefficient (Wildman–Crippen LogP) is 1.86. The van der Waals surface area contributed by atoms with Gasteiger partial charge in [0.05, 0.1) is 6.10 Å². The summed E-state index contributed by atoms with van der Waals surface area (Å²) in [6.45, 7) is 2.77. The number of carbonyl (C=O) groups is 1. The maximum absolute atomic E-state index is 13.1. The average Bonchev–Trinajstić information content (AvgIpc) is 2.78. The Morgan fingerprint density at radius 2 is 1.81 bits per heavy atom. The van der Waals surface area contributed by atoms with Crippen LogP contribution in [0.1, 0.15) is 25.7 Å². The van der Waals surface area contributed by atoms with Gasteiger partial charge in [-0.1, -0.05) is 0 Å². The molecule has 2 unspecified atom stereocenters. The number of fused-ring (bicyclic) bond motifs is 1. The topological polar surface area (TPSA) is 55.6 Å². The van der Waals surface area contributed by atoms with Crippen molar-refractivity contribution in [2.75, 3.05) is 26.2 Å². The fourth-order valence-corrected chi connectivity index (χ4v) is 3.89. The number of piperidine rings is 1. The van der Waals surface area contributed by atoms with Crippen molar-refractivity contribution in [1.82, 2.24) is 4.90 Å². The number of halogens is 3. The van der Waals surface area contributed by atoms with E-state index in [9.17, 15) is 13.6 Å². The third-order valence-corrected chi connectivity index (χ3v) is 5.05. The van der Waals surface area contributed by atoms with Gasteiger partial charge in [0.1, 0.15) is 6.61 Å². The summed E-state index contributed by atoms with van der Waals surface area (Å²) in [5, 5.41) is 0. The minimum atomic E-state index is -2.36. The van der Waals surface area contributed by atoms with E-state index < -0.39 is 11.8 Å². The summed E-state index contributed by atoms with van der Waals surface area (Å²) in [7, 11) is 0. The van der Waals surface area contributed by atoms with Gasteiger partial charge in [0.15, 0.2) is 0 Å². The summed E-state index contributed by atoms with van der Waals surface area (Å²) in [6, 6.07) is 0. The summed E-state index contributed by atoms with van der Waals surface area (Å²) >= 11 is 0. The molecule has 2 N–H and O–H groups in total. The molecule has 1 heterocycles. The summed E-state index contributed by atoms with van der Waals surface area (Å²) in [5.74, 6) is -3.01. The largest absolute Gasteiger partial charge is 0.368 e. The monoisotopic (exact) mass is 416 g/mol. The number of amides is 1. The van der Waals surface area contributed by atoms with Crippen molar-refractivity contribution in [1.29, 1.82) is 0 Å². The lowest BCUT2D eigenvalue weighted by atomic mass is 10.00. The fourth-order valence-electron chi connectivity index (χ4n) is 3.89. The van der Waals surface area contributed by atoms with Crippen LogP contribution in [0.2, 0.25) is 0 Å². The Hall–Kier alpha value is -0.0200. The average molecular weight is 416 g/mol. The Morgan fingerprint density at radius 1 is 1.24 bits per heavy atom. The van der Waals surface area contributed by atoms with E-state index in [0.29, 0.717) is 18.8 Å². The van der Waals surface area contributed by atoms with E-state index in [0.717, 1.165) is 32.5 Å². The molecule has 4 nitrogen and oxygen atoms in total. The molecule has 2 saturated carbocycles. The Morgan fingerprint density at radius 3 is 2.33 bits per heavy atom. The Balaban J connectivity index is 0.00000161. The number of nitrogens with two attached hydrogens (primary N) is 1. The van der Waals surface area contributed by atoms with Gasteiger partial charge >= 0.3 is 0 Å². The number of nitrogens with zero attached hydrogens (tertiary/aromatic N) is 1. The van der Waals surface area contributed by atoms with Gasteiger partial charge in [-0.15, -0.1) is 24.0 Å². The minimum Gasteiger partial charge on any atom is -0.368 e. The minimum absolute atomic E-state index is 0. The third-order valence-electron chi connectivity index (χ3n) is 5.05. The molecule has 7 heteroatoms. The first kappa shape index (κ1) is 17.3. The SMILES string of the molecule is I.NC(=O)COC1CCN(CC2CC3C(C2)C3(F)F)CC1. The Kier molecular flexibility index (Phi) is 5.46. The van der Waals surface area contributed by atoms with E-state index in [2.05, 4.69) is 4.90 Å². The van der Waals surface area contributed by atoms with Crippen LogP contribution in [0.4, 0.5) is 8.78 Å². The second kappa shape index (κ2) is 6.62. The molecule has 3 rings (SSSR count). The van der Waals surface area contributed by atoms with Gasteiger partial charge in [0.25, 0.3) is 5.92 Å². The number of hydrogen-bond donors (Lipinski definition) is 1. The van der Waals surface area contributed by atoms with Crippen LogP contribution >= 0.6 is 24.0 Å². The van der Waals surface area contributed by atoms with Crippen LogP contribution in [0.3, 0.4) is 0 Å². The molecule has 1 saturated heterocycles. The van der Waals surface area contributed by atoms with E-state index in [-0.39, 0.29) is 48.5 Å². The van der Waals surface area contributed by atoms with Crippen molar-refractivity contribution in [2.45, 2.75) is 37.7 Å². The molecular weight excluding hydrogens is 393 g/mol. The van der Waals surface area contributed by atoms with E-state index in [1.54, 1.807) is 0 Å². The van der Waals surface area contributed by atoms with Crippen molar-refractivity contribution >= 4 is 29.9 Å². The molecule has 122 valence electrons. The first-order chi connectivity index (χ1) is 9.46. The third kappa shape index (κ3) is 3.85. The molecule has 2 atom stereocenters. The van der Waals surface area contributed by atoms with Gasteiger partial charge in [-0.2, -0.15) is 0 Å². The number of carbonyl (C=O) groups excluding carboxylic acids is 1. The van der Waals surface area contributed by atoms with Crippen molar-refractivity contribution in [2.24, 2.45) is 23.5 Å². The molecule has 21 heavy (non-hydrogen) atoms. The molecule has 3 fully saturated rings. The van der Waals surface area contributed by atoms with Crippen molar-refractivity contribution < 1.29 is 18.3 Å². The quantitative estimate of drug-likeness (QED) is 0.697. The van der Waals surface area contributed by atoms with Gasteiger partial charge < -0.3 is 15.4 Å². The highest BCUT2D eigenvalue weighted by Crippen LogP contribution is 2.65. The molecule has 0 spiro atoms. The van der Waals surface area contributed by atoms with Crippen LogP contribution < -0.4 is 5.73 Å². The molecular formula is C14H23F2IN2O2. The van der Waals surface area contributed by atoms with Gasteiger partial charge in [-0.25, -0.2) is 8.78 Å². The van der Waals surface area contributed by atoms with E-state index >= 15 is 0 Å². The standard InChI is InChI=1S/C14H22F2N2O2.HI/c15-14(16)11-5-9(6-12(11)14)7-18-3-1-10(2-4-18)20-8-13(17)19;/h9-12H,1-8H2,(H2,17,19);1H. The second-order valence-corrected chi connectivity index (χ2v) is 6.50. The van der Waals surface area contributed by atoms with Crippen molar-refractivity contribution in [3.05, 3.63) is 0 Å². The molecule has 0 radical (unpaired) electrons. The van der Waals surface area contributed by atoms with E-state index in [4.69, 9.17) is 10.5 Å². The van der Waals surface area contributed by atoms with Crippen LogP contribution in [0.25, 0.3) is 0 Å². The number of primary amides is 1. The summed E-state index contributed by atoms with van der Waals surface area (Å²) < 4.78 is 31.7. The molecule has 2 aliphatic carbocycles. The smallest absolute Gasteiger partial charge is 0.254 e. The lowest BCUT2D eigenvalue weighted by molar-refractivity contribution is -0.125. The maximum Gasteiger partial charge on any atom is 0.254 e. The molecule has 0 bridgehead atoms. The molecule has 0 aromatic rings. The van der Waals surface area contributed by atoms with Gasteiger partial charge in [0.2, 0.25) is 5.91 Å². The molecule has 3 aliphatic rings. The summed E-state index contributed by atoms with van der Waals surface area (Å²) in [5.41, 5.74) is 5.05. The highest BCUT2D eigenvalue weighted by Gasteiger charge is 2.71. The number of ether oxygens (including phenoxy) is 1. The molecule has 1 amide bonds. The first-order valence-electron chi connectivity index (χ1n) is 7.47. The van der Waals surface area contributed by atoms with Crippen LogP contribution in [-0.4, -0.2) is 49.1 Å². The first-order valence-corrected chi connectivity index (χ1v) is 7.47. The van der Waals surface area contributed by atoms with E-state index in [1.165, 1.54) is 0 Å². The number of likely N-dealkylation sites (tertiary alicyclic amines) is 1. The number of rotatable bonds is 5. The number of hydrogen-bond acceptors (Lipinski definition) is 3. The summed E-state index contributed by atoms with van der Waals surface area (Å²) in [4.78, 5) is 13.0. The zero-order valence-electron chi connectivity index (χ0n) is 12.0. The zero-order chi connectivity index (χ0) is 14.3. The number of alkyl halides is 2.